The van der Waals surface area contributed by atoms with Crippen LogP contribution in [0.1, 0.15) is 43.7 Å². The van der Waals surface area contributed by atoms with Gasteiger partial charge in [-0.3, -0.25) is 4.79 Å². The molecule has 0 aliphatic heterocycles. The van der Waals surface area contributed by atoms with Gasteiger partial charge >= 0.3 is 0 Å². The van der Waals surface area contributed by atoms with Crippen molar-refractivity contribution in [1.82, 2.24) is 5.43 Å². The van der Waals surface area contributed by atoms with Crippen LogP contribution >= 0.6 is 0 Å². The second-order valence-electron chi connectivity index (χ2n) is 6.74. The molecule has 0 heterocycles. The molecule has 0 saturated heterocycles. The van der Waals surface area contributed by atoms with E-state index in [9.17, 15) is 9.90 Å². The predicted molar refractivity (Wildman–Crippen MR) is 99.1 cm³/mol. The predicted octanol–water partition coefficient (Wildman–Crippen LogP) is 3.60. The normalized spacial score (nSPS) is 17.8. The van der Waals surface area contributed by atoms with Crippen molar-refractivity contribution in [2.45, 2.75) is 38.2 Å². The fraction of sp³-hybridized carbons (Fsp3) is 0.333. The third-order valence-electron chi connectivity index (χ3n) is 4.88. The first-order valence-electron chi connectivity index (χ1n) is 8.80. The summed E-state index contributed by atoms with van der Waals surface area (Å²) in [5.74, 6) is 0.177. The van der Waals surface area contributed by atoms with Gasteiger partial charge in [0.25, 0.3) is 5.91 Å². The van der Waals surface area contributed by atoms with Gasteiger partial charge in [-0.2, -0.15) is 5.10 Å². The Balaban J connectivity index is 1.87. The Morgan fingerprint density at radius 1 is 1.00 bits per heavy atom. The van der Waals surface area contributed by atoms with Gasteiger partial charge in [-0.1, -0.05) is 67.6 Å². The van der Waals surface area contributed by atoms with E-state index < -0.39 is 11.5 Å². The van der Waals surface area contributed by atoms with Crippen LogP contribution in [0.15, 0.2) is 65.8 Å². The van der Waals surface area contributed by atoms with Gasteiger partial charge in [0, 0.05) is 5.71 Å². The van der Waals surface area contributed by atoms with Crippen molar-refractivity contribution in [3.05, 3.63) is 71.8 Å². The fourth-order valence-corrected chi connectivity index (χ4v) is 3.21. The Morgan fingerprint density at radius 2 is 1.48 bits per heavy atom. The highest BCUT2D eigenvalue weighted by Crippen LogP contribution is 2.30. The molecule has 0 bridgehead atoms. The lowest BCUT2D eigenvalue weighted by Gasteiger charge is -2.27. The minimum Gasteiger partial charge on any atom is -0.372 e. The van der Waals surface area contributed by atoms with Crippen LogP contribution < -0.4 is 5.43 Å². The highest BCUT2D eigenvalue weighted by molar-refractivity contribution is 5.92. The Labute approximate surface area is 148 Å². The molecule has 1 aliphatic carbocycles. The monoisotopic (exact) mass is 336 g/mol. The molecule has 1 aliphatic rings. The van der Waals surface area contributed by atoms with Crippen molar-refractivity contribution in [2.75, 3.05) is 0 Å². The summed E-state index contributed by atoms with van der Waals surface area (Å²) >= 11 is 0. The van der Waals surface area contributed by atoms with E-state index in [4.69, 9.17) is 0 Å². The van der Waals surface area contributed by atoms with E-state index in [2.05, 4.69) is 17.5 Å². The number of aliphatic hydroxyl groups is 1. The standard InChI is InChI=1S/C21H24N2O2/c1-16-12-14-19(15-13-16)22-23-20(24)21(25,17-8-4-2-5-9-17)18-10-6-3-7-11-18/h2-11,16,25H,12-15H2,1H3,(H,23,24). The van der Waals surface area contributed by atoms with Crippen LogP contribution in [0, 0.1) is 5.92 Å². The average molecular weight is 336 g/mol. The third-order valence-corrected chi connectivity index (χ3v) is 4.88. The van der Waals surface area contributed by atoms with Crippen molar-refractivity contribution in [1.29, 1.82) is 0 Å². The SMILES string of the molecule is CC1CCC(=NNC(=O)C(O)(c2ccccc2)c2ccccc2)CC1. The molecule has 0 radical (unpaired) electrons. The van der Waals surface area contributed by atoms with Gasteiger partial charge in [0.15, 0.2) is 5.60 Å². The number of amides is 1. The molecule has 25 heavy (non-hydrogen) atoms. The summed E-state index contributed by atoms with van der Waals surface area (Å²) in [7, 11) is 0. The molecule has 0 atom stereocenters. The van der Waals surface area contributed by atoms with E-state index >= 15 is 0 Å². The molecule has 1 saturated carbocycles. The molecule has 2 N–H and O–H groups in total. The van der Waals surface area contributed by atoms with Gasteiger partial charge in [0.1, 0.15) is 0 Å². The first-order valence-corrected chi connectivity index (χ1v) is 8.80. The number of hydrogen-bond donors (Lipinski definition) is 2. The maximum absolute atomic E-state index is 12.9. The number of hydrazone groups is 1. The number of nitrogens with one attached hydrogen (secondary N) is 1. The van der Waals surface area contributed by atoms with Crippen molar-refractivity contribution in [3.8, 4) is 0 Å². The van der Waals surface area contributed by atoms with E-state index in [1.807, 2.05) is 36.4 Å². The lowest BCUT2D eigenvalue weighted by molar-refractivity contribution is -0.136. The van der Waals surface area contributed by atoms with Crippen LogP contribution in [-0.2, 0) is 10.4 Å². The fourth-order valence-electron chi connectivity index (χ4n) is 3.21. The molecular formula is C21H24N2O2. The molecule has 0 aromatic heterocycles. The van der Waals surface area contributed by atoms with E-state index in [1.165, 1.54) is 0 Å². The molecule has 130 valence electrons. The molecule has 4 heteroatoms. The van der Waals surface area contributed by atoms with Gasteiger partial charge < -0.3 is 5.11 Å². The maximum atomic E-state index is 12.9. The highest BCUT2D eigenvalue weighted by atomic mass is 16.3. The largest absolute Gasteiger partial charge is 0.372 e. The number of rotatable bonds is 4. The lowest BCUT2D eigenvalue weighted by Crippen LogP contribution is -2.44. The number of carbonyl (C=O) groups excluding carboxylic acids is 1. The molecule has 1 fully saturated rings. The number of benzene rings is 2. The third kappa shape index (κ3) is 3.80. The van der Waals surface area contributed by atoms with E-state index in [1.54, 1.807) is 24.3 Å². The summed E-state index contributed by atoms with van der Waals surface area (Å²) < 4.78 is 0. The van der Waals surface area contributed by atoms with Crippen LogP contribution in [0.3, 0.4) is 0 Å². The Kier molecular flexibility index (Phi) is 5.29. The van der Waals surface area contributed by atoms with Gasteiger partial charge in [-0.15, -0.1) is 0 Å². The molecule has 1 amide bonds. The minimum absolute atomic E-state index is 0.524. The zero-order chi connectivity index (χ0) is 17.7. The molecule has 2 aromatic carbocycles. The van der Waals surface area contributed by atoms with Crippen LogP contribution in [0.25, 0.3) is 0 Å². The number of carbonyl (C=O) groups is 1. The zero-order valence-corrected chi connectivity index (χ0v) is 14.5. The summed E-state index contributed by atoms with van der Waals surface area (Å²) in [5.41, 5.74) is 2.88. The summed E-state index contributed by atoms with van der Waals surface area (Å²) in [5, 5.41) is 15.6. The smallest absolute Gasteiger partial charge is 0.281 e. The summed E-state index contributed by atoms with van der Waals surface area (Å²) in [6.07, 6.45) is 3.99. The van der Waals surface area contributed by atoms with Crippen molar-refractivity contribution >= 4 is 11.6 Å². The molecule has 4 nitrogen and oxygen atoms in total. The quantitative estimate of drug-likeness (QED) is 0.838. The van der Waals surface area contributed by atoms with Gasteiger partial charge in [0.05, 0.1) is 0 Å². The van der Waals surface area contributed by atoms with Crippen molar-refractivity contribution in [3.63, 3.8) is 0 Å². The second kappa shape index (κ2) is 7.62. The topological polar surface area (TPSA) is 61.7 Å². The van der Waals surface area contributed by atoms with Gasteiger partial charge in [0.2, 0.25) is 0 Å². The lowest BCUT2D eigenvalue weighted by atomic mass is 9.85. The summed E-state index contributed by atoms with van der Waals surface area (Å²) in [6, 6.07) is 18.0. The van der Waals surface area contributed by atoms with Crippen molar-refractivity contribution in [2.24, 2.45) is 11.0 Å². The summed E-state index contributed by atoms with van der Waals surface area (Å²) in [4.78, 5) is 12.9. The number of nitrogens with zero attached hydrogens (tertiary/aromatic N) is 1. The first-order chi connectivity index (χ1) is 12.1. The molecule has 0 unspecified atom stereocenters. The Morgan fingerprint density at radius 3 is 1.96 bits per heavy atom. The van der Waals surface area contributed by atoms with Gasteiger partial charge in [-0.25, -0.2) is 5.43 Å². The zero-order valence-electron chi connectivity index (χ0n) is 14.5. The second-order valence-corrected chi connectivity index (χ2v) is 6.74. The molecular weight excluding hydrogens is 312 g/mol. The highest BCUT2D eigenvalue weighted by Gasteiger charge is 2.40. The minimum atomic E-state index is -1.77. The van der Waals surface area contributed by atoms with Crippen LogP contribution in [0.5, 0.6) is 0 Å². The van der Waals surface area contributed by atoms with Crippen LogP contribution in [0.4, 0.5) is 0 Å². The molecule has 3 rings (SSSR count). The van der Waals surface area contributed by atoms with E-state index in [0.29, 0.717) is 17.0 Å². The maximum Gasteiger partial charge on any atom is 0.281 e. The number of hydrogen-bond acceptors (Lipinski definition) is 3. The van der Waals surface area contributed by atoms with Crippen molar-refractivity contribution < 1.29 is 9.90 Å². The summed E-state index contributed by atoms with van der Waals surface area (Å²) in [6.45, 7) is 2.24. The van der Waals surface area contributed by atoms with Crippen LogP contribution in [-0.4, -0.2) is 16.7 Å². The molecule has 0 spiro atoms. The molecule has 2 aromatic rings. The van der Waals surface area contributed by atoms with E-state index in [-0.39, 0.29) is 0 Å². The van der Waals surface area contributed by atoms with E-state index in [0.717, 1.165) is 31.4 Å². The first kappa shape index (κ1) is 17.4. The average Bonchev–Trinajstić information content (AvgIpc) is 2.68. The Hall–Kier alpha value is -2.46. The Bertz CT molecular complexity index is 692. The van der Waals surface area contributed by atoms with Gasteiger partial charge in [-0.05, 0) is 42.7 Å². The van der Waals surface area contributed by atoms with Crippen LogP contribution in [0.2, 0.25) is 0 Å².